The van der Waals surface area contributed by atoms with Crippen LogP contribution in [0, 0.1) is 0 Å². The van der Waals surface area contributed by atoms with E-state index in [1.54, 1.807) is 5.69 Å². The fraction of sp³-hybridized carbons (Fsp3) is 0.556. The first-order chi connectivity index (χ1) is 4.92. The van der Waals surface area contributed by atoms with Gasteiger partial charge in [0.2, 0.25) is 0 Å². The van der Waals surface area contributed by atoms with Crippen LogP contribution in [0.25, 0.3) is 0 Å². The van der Waals surface area contributed by atoms with E-state index in [0.717, 1.165) is 5.92 Å². The summed E-state index contributed by atoms with van der Waals surface area (Å²) >= 11 is 0. The van der Waals surface area contributed by atoms with Crippen molar-refractivity contribution in [2.75, 3.05) is 0 Å². The number of hydrogen-bond donors (Lipinski definition) is 0. The quantitative estimate of drug-likeness (QED) is 0.557. The van der Waals surface area contributed by atoms with Crippen LogP contribution in [-0.2, 0) is 6.54 Å². The summed E-state index contributed by atoms with van der Waals surface area (Å²) in [5.41, 5.74) is 1.54. The molecule has 54 valence electrons. The first-order valence-corrected chi connectivity index (χ1v) is 4.07. The van der Waals surface area contributed by atoms with Gasteiger partial charge in [-0.05, 0) is 25.0 Å². The number of aromatic nitrogens is 1. The number of hydrogen-bond acceptors (Lipinski definition) is 0. The standard InChI is InChI=1S/C9H13N/c1-2-8-5-7-10-6-3-4-9(8)10/h3-4,6,8H,2,5,7H2,1H3/t8-/m1/s1. The molecule has 1 aromatic rings. The van der Waals surface area contributed by atoms with Gasteiger partial charge < -0.3 is 4.57 Å². The Morgan fingerprint density at radius 1 is 1.70 bits per heavy atom. The van der Waals surface area contributed by atoms with Gasteiger partial charge in [-0.2, -0.15) is 0 Å². The molecule has 0 N–H and O–H groups in total. The molecular formula is C9H13N. The zero-order valence-corrected chi connectivity index (χ0v) is 6.38. The lowest BCUT2D eigenvalue weighted by Crippen LogP contribution is -1.89. The van der Waals surface area contributed by atoms with Crippen molar-refractivity contribution >= 4 is 0 Å². The molecule has 1 aromatic heterocycles. The van der Waals surface area contributed by atoms with E-state index in [2.05, 4.69) is 29.8 Å². The van der Waals surface area contributed by atoms with Gasteiger partial charge in [0, 0.05) is 24.4 Å². The summed E-state index contributed by atoms with van der Waals surface area (Å²) in [7, 11) is 0. The average Bonchev–Trinajstić information content (AvgIpc) is 2.44. The van der Waals surface area contributed by atoms with Crippen molar-refractivity contribution in [3.05, 3.63) is 24.0 Å². The van der Waals surface area contributed by atoms with Crippen LogP contribution in [0.15, 0.2) is 18.3 Å². The van der Waals surface area contributed by atoms with Gasteiger partial charge >= 0.3 is 0 Å². The summed E-state index contributed by atoms with van der Waals surface area (Å²) in [6, 6.07) is 4.40. The van der Waals surface area contributed by atoms with E-state index in [1.807, 2.05) is 0 Å². The van der Waals surface area contributed by atoms with Crippen LogP contribution < -0.4 is 0 Å². The molecule has 0 aliphatic carbocycles. The van der Waals surface area contributed by atoms with E-state index in [4.69, 9.17) is 0 Å². The number of rotatable bonds is 1. The summed E-state index contributed by atoms with van der Waals surface area (Å²) in [6.07, 6.45) is 4.84. The van der Waals surface area contributed by atoms with E-state index < -0.39 is 0 Å². The van der Waals surface area contributed by atoms with Gasteiger partial charge in [-0.3, -0.25) is 0 Å². The molecule has 2 heterocycles. The lowest BCUT2D eigenvalue weighted by molar-refractivity contribution is 0.643. The van der Waals surface area contributed by atoms with Gasteiger partial charge in [0.15, 0.2) is 0 Å². The molecule has 0 unspecified atom stereocenters. The Morgan fingerprint density at radius 3 is 3.40 bits per heavy atom. The molecule has 0 bridgehead atoms. The highest BCUT2D eigenvalue weighted by molar-refractivity contribution is 5.15. The summed E-state index contributed by atoms with van der Waals surface area (Å²) in [4.78, 5) is 0. The predicted molar refractivity (Wildman–Crippen MR) is 42.1 cm³/mol. The van der Waals surface area contributed by atoms with Crippen molar-refractivity contribution in [1.82, 2.24) is 4.57 Å². The highest BCUT2D eigenvalue weighted by Gasteiger charge is 2.18. The van der Waals surface area contributed by atoms with Crippen molar-refractivity contribution in [2.45, 2.75) is 32.2 Å². The van der Waals surface area contributed by atoms with Crippen molar-refractivity contribution in [3.63, 3.8) is 0 Å². The summed E-state index contributed by atoms with van der Waals surface area (Å²) in [6.45, 7) is 3.51. The van der Waals surface area contributed by atoms with Gasteiger partial charge in [0.25, 0.3) is 0 Å². The Hall–Kier alpha value is -0.720. The van der Waals surface area contributed by atoms with E-state index in [-0.39, 0.29) is 0 Å². The Balaban J connectivity index is 2.34. The minimum atomic E-state index is 0.843. The maximum Gasteiger partial charge on any atom is 0.0228 e. The minimum Gasteiger partial charge on any atom is -0.351 e. The van der Waals surface area contributed by atoms with Crippen LogP contribution >= 0.6 is 0 Å². The lowest BCUT2D eigenvalue weighted by atomic mass is 10.0. The number of aryl methyl sites for hydroxylation is 1. The minimum absolute atomic E-state index is 0.843. The highest BCUT2D eigenvalue weighted by atomic mass is 15.0. The Labute approximate surface area is 61.7 Å². The summed E-state index contributed by atoms with van der Waals surface area (Å²) < 4.78 is 2.37. The van der Waals surface area contributed by atoms with Crippen LogP contribution in [0.2, 0.25) is 0 Å². The van der Waals surface area contributed by atoms with Gasteiger partial charge in [-0.25, -0.2) is 0 Å². The molecule has 2 rings (SSSR count). The molecule has 0 aromatic carbocycles. The molecule has 1 aliphatic rings. The molecule has 1 aliphatic heterocycles. The Bertz CT molecular complexity index is 224. The second kappa shape index (κ2) is 2.15. The Morgan fingerprint density at radius 2 is 2.60 bits per heavy atom. The molecule has 0 fully saturated rings. The fourth-order valence-corrected chi connectivity index (χ4v) is 1.86. The molecule has 1 nitrogen and oxygen atoms in total. The normalized spacial score (nSPS) is 23.1. The van der Waals surface area contributed by atoms with Crippen LogP contribution in [-0.4, -0.2) is 4.57 Å². The second-order valence-corrected chi connectivity index (χ2v) is 3.02. The molecular weight excluding hydrogens is 122 g/mol. The third kappa shape index (κ3) is 0.698. The van der Waals surface area contributed by atoms with Crippen molar-refractivity contribution in [3.8, 4) is 0 Å². The molecule has 0 spiro atoms. The van der Waals surface area contributed by atoms with Gasteiger partial charge in [-0.15, -0.1) is 0 Å². The molecule has 0 radical (unpaired) electrons. The fourth-order valence-electron chi connectivity index (χ4n) is 1.86. The van der Waals surface area contributed by atoms with Crippen LogP contribution in [0.4, 0.5) is 0 Å². The number of fused-ring (bicyclic) bond motifs is 1. The largest absolute Gasteiger partial charge is 0.351 e. The van der Waals surface area contributed by atoms with Crippen LogP contribution in [0.5, 0.6) is 0 Å². The van der Waals surface area contributed by atoms with E-state index in [9.17, 15) is 0 Å². The van der Waals surface area contributed by atoms with E-state index in [1.165, 1.54) is 19.4 Å². The first kappa shape index (κ1) is 6.02. The predicted octanol–water partition coefficient (Wildman–Crippen LogP) is 2.39. The zero-order valence-electron chi connectivity index (χ0n) is 6.38. The van der Waals surface area contributed by atoms with Crippen molar-refractivity contribution in [1.29, 1.82) is 0 Å². The van der Waals surface area contributed by atoms with Gasteiger partial charge in [0.05, 0.1) is 0 Å². The molecule has 0 saturated heterocycles. The Kier molecular flexibility index (Phi) is 1.30. The smallest absolute Gasteiger partial charge is 0.0228 e. The molecule has 0 saturated carbocycles. The maximum absolute atomic E-state index is 2.37. The second-order valence-electron chi connectivity index (χ2n) is 3.02. The summed E-state index contributed by atoms with van der Waals surface area (Å²) in [5.74, 6) is 0.843. The zero-order chi connectivity index (χ0) is 6.97. The highest BCUT2D eigenvalue weighted by Crippen LogP contribution is 2.30. The molecule has 0 amide bonds. The van der Waals surface area contributed by atoms with Crippen molar-refractivity contribution in [2.24, 2.45) is 0 Å². The van der Waals surface area contributed by atoms with Crippen LogP contribution in [0.1, 0.15) is 31.4 Å². The van der Waals surface area contributed by atoms with Crippen molar-refractivity contribution < 1.29 is 0 Å². The molecule has 10 heavy (non-hydrogen) atoms. The molecule has 1 heteroatoms. The van der Waals surface area contributed by atoms with E-state index in [0.29, 0.717) is 0 Å². The van der Waals surface area contributed by atoms with Gasteiger partial charge in [0.1, 0.15) is 0 Å². The van der Waals surface area contributed by atoms with Gasteiger partial charge in [-0.1, -0.05) is 6.92 Å². The molecule has 1 atom stereocenters. The van der Waals surface area contributed by atoms with E-state index >= 15 is 0 Å². The maximum atomic E-state index is 2.37. The average molecular weight is 135 g/mol. The van der Waals surface area contributed by atoms with Crippen LogP contribution in [0.3, 0.4) is 0 Å². The number of nitrogens with zero attached hydrogens (tertiary/aromatic N) is 1. The summed E-state index contributed by atoms with van der Waals surface area (Å²) in [5, 5.41) is 0. The topological polar surface area (TPSA) is 4.93 Å². The lowest BCUT2D eigenvalue weighted by Gasteiger charge is -2.02. The third-order valence-corrected chi connectivity index (χ3v) is 2.49. The third-order valence-electron chi connectivity index (χ3n) is 2.49. The SMILES string of the molecule is CC[C@@H]1CCn2cccc21. The first-order valence-electron chi connectivity index (χ1n) is 4.07. The monoisotopic (exact) mass is 135 g/mol.